The molecule has 2 aliphatic heterocycles. The van der Waals surface area contributed by atoms with Crippen LogP contribution >= 0.6 is 0 Å². The Morgan fingerprint density at radius 2 is 1.89 bits per heavy atom. The average molecular weight is 265 g/mol. The van der Waals surface area contributed by atoms with Gasteiger partial charge in [0.25, 0.3) is 0 Å². The van der Waals surface area contributed by atoms with E-state index in [0.717, 1.165) is 32.1 Å². The Morgan fingerprint density at radius 3 is 2.37 bits per heavy atom. The number of amides is 1. The summed E-state index contributed by atoms with van der Waals surface area (Å²) in [7, 11) is 2.25. The minimum Gasteiger partial charge on any atom is -0.353 e. The maximum absolute atomic E-state index is 12.4. The van der Waals surface area contributed by atoms with E-state index in [1.165, 1.54) is 19.3 Å². The number of nitrogens with one attached hydrogen (secondary N) is 1. The zero-order valence-electron chi connectivity index (χ0n) is 12.0. The van der Waals surface area contributed by atoms with Crippen LogP contribution in [-0.2, 0) is 4.79 Å². The number of hydrogen-bond acceptors (Lipinski definition) is 3. The number of carbonyl (C=O) groups excluding carboxylic acids is 1. The number of piperidine rings is 2. The van der Waals surface area contributed by atoms with Crippen LogP contribution in [0.5, 0.6) is 0 Å². The molecule has 3 fully saturated rings. The number of rotatable bonds is 3. The number of nitrogens with zero attached hydrogens (tertiary/aromatic N) is 1. The van der Waals surface area contributed by atoms with Gasteiger partial charge in [-0.25, -0.2) is 0 Å². The number of nitrogens with two attached hydrogens (primary N) is 1. The molecule has 1 aliphatic carbocycles. The predicted octanol–water partition coefficient (Wildman–Crippen LogP) is 1.25. The highest BCUT2D eigenvalue weighted by atomic mass is 16.2. The van der Waals surface area contributed by atoms with Gasteiger partial charge in [0.15, 0.2) is 0 Å². The quantitative estimate of drug-likeness (QED) is 0.807. The molecule has 2 heterocycles. The summed E-state index contributed by atoms with van der Waals surface area (Å²) >= 11 is 0. The van der Waals surface area contributed by atoms with E-state index in [9.17, 15) is 4.79 Å². The van der Waals surface area contributed by atoms with Crippen LogP contribution in [0.1, 0.15) is 51.4 Å². The molecule has 3 rings (SSSR count). The van der Waals surface area contributed by atoms with E-state index in [-0.39, 0.29) is 11.3 Å². The molecule has 3 N–H and O–H groups in total. The first-order chi connectivity index (χ1) is 9.14. The second-order valence-corrected chi connectivity index (χ2v) is 6.88. The van der Waals surface area contributed by atoms with Crippen LogP contribution in [0.4, 0.5) is 0 Å². The lowest BCUT2D eigenvalue weighted by molar-refractivity contribution is -0.136. The summed E-state index contributed by atoms with van der Waals surface area (Å²) in [5, 5.41) is 3.32. The van der Waals surface area contributed by atoms with Crippen molar-refractivity contribution in [3.63, 3.8) is 0 Å². The smallest absolute Gasteiger partial charge is 0.227 e. The highest BCUT2D eigenvalue weighted by molar-refractivity contribution is 5.84. The fourth-order valence-corrected chi connectivity index (χ4v) is 4.20. The van der Waals surface area contributed by atoms with Gasteiger partial charge in [0.1, 0.15) is 0 Å². The number of fused-ring (bicyclic) bond motifs is 2. The van der Waals surface area contributed by atoms with Crippen LogP contribution in [0.3, 0.4) is 0 Å². The first-order valence-corrected chi connectivity index (χ1v) is 7.87. The van der Waals surface area contributed by atoms with Crippen LogP contribution in [0.15, 0.2) is 0 Å². The summed E-state index contributed by atoms with van der Waals surface area (Å²) in [6.07, 6.45) is 9.31. The lowest BCUT2D eigenvalue weighted by Crippen LogP contribution is -2.58. The highest BCUT2D eigenvalue weighted by Gasteiger charge is 2.44. The molecule has 2 bridgehead atoms. The van der Waals surface area contributed by atoms with Crippen molar-refractivity contribution < 1.29 is 4.79 Å². The molecular weight excluding hydrogens is 238 g/mol. The van der Waals surface area contributed by atoms with Gasteiger partial charge in [-0.15, -0.1) is 0 Å². The lowest BCUT2D eigenvalue weighted by atomic mass is 9.68. The maximum Gasteiger partial charge on any atom is 0.227 e. The van der Waals surface area contributed by atoms with Crippen LogP contribution in [0, 0.1) is 5.41 Å². The van der Waals surface area contributed by atoms with Crippen LogP contribution in [-0.4, -0.2) is 42.5 Å². The summed E-state index contributed by atoms with van der Waals surface area (Å²) in [6, 6.07) is 1.73. The van der Waals surface area contributed by atoms with Crippen molar-refractivity contribution in [1.82, 2.24) is 10.2 Å². The topological polar surface area (TPSA) is 58.4 Å². The third-order valence-corrected chi connectivity index (χ3v) is 5.86. The molecule has 0 aromatic rings. The molecule has 0 aromatic heterocycles. The van der Waals surface area contributed by atoms with E-state index in [1.807, 2.05) is 0 Å². The van der Waals surface area contributed by atoms with Crippen LogP contribution in [0.2, 0.25) is 0 Å². The molecule has 19 heavy (non-hydrogen) atoms. The lowest BCUT2D eigenvalue weighted by Gasteiger charge is -2.48. The monoisotopic (exact) mass is 265 g/mol. The van der Waals surface area contributed by atoms with Gasteiger partial charge in [-0.3, -0.25) is 4.79 Å². The summed E-state index contributed by atoms with van der Waals surface area (Å²) in [5.41, 5.74) is 5.60. The first-order valence-electron chi connectivity index (χ1n) is 7.87. The highest BCUT2D eigenvalue weighted by Crippen LogP contribution is 2.41. The normalized spacial score (nSPS) is 37.5. The van der Waals surface area contributed by atoms with Gasteiger partial charge < -0.3 is 16.0 Å². The third-order valence-electron chi connectivity index (χ3n) is 5.86. The van der Waals surface area contributed by atoms with E-state index in [4.69, 9.17) is 5.73 Å². The molecule has 2 atom stereocenters. The Kier molecular flexibility index (Phi) is 3.56. The maximum atomic E-state index is 12.4. The van der Waals surface area contributed by atoms with E-state index >= 15 is 0 Å². The van der Waals surface area contributed by atoms with Crippen LogP contribution in [0.25, 0.3) is 0 Å². The molecule has 4 nitrogen and oxygen atoms in total. The van der Waals surface area contributed by atoms with Crippen molar-refractivity contribution in [2.24, 2.45) is 11.1 Å². The molecule has 0 aromatic carbocycles. The van der Waals surface area contributed by atoms with Gasteiger partial charge in [-0.1, -0.05) is 12.8 Å². The molecule has 3 aliphatic rings. The summed E-state index contributed by atoms with van der Waals surface area (Å²) in [4.78, 5) is 15.0. The Morgan fingerprint density at radius 1 is 1.26 bits per heavy atom. The molecule has 1 saturated carbocycles. The molecule has 2 saturated heterocycles. The largest absolute Gasteiger partial charge is 0.353 e. The summed E-state index contributed by atoms with van der Waals surface area (Å²) in [5.74, 6) is 0.230. The Labute approximate surface area is 116 Å². The molecule has 108 valence electrons. The van der Waals surface area contributed by atoms with Crippen molar-refractivity contribution in [2.75, 3.05) is 13.6 Å². The number of hydrogen-bond donors (Lipinski definition) is 2. The second kappa shape index (κ2) is 5.06. The van der Waals surface area contributed by atoms with Gasteiger partial charge in [0, 0.05) is 24.7 Å². The zero-order chi connectivity index (χ0) is 13.5. The average Bonchev–Trinajstić information content (AvgIpc) is 2.29. The predicted molar refractivity (Wildman–Crippen MR) is 75.7 cm³/mol. The van der Waals surface area contributed by atoms with Gasteiger partial charge >= 0.3 is 0 Å². The summed E-state index contributed by atoms with van der Waals surface area (Å²) < 4.78 is 0. The van der Waals surface area contributed by atoms with Crippen molar-refractivity contribution in [3.8, 4) is 0 Å². The van der Waals surface area contributed by atoms with E-state index in [0.29, 0.717) is 24.7 Å². The summed E-state index contributed by atoms with van der Waals surface area (Å²) in [6.45, 7) is 0.512. The molecule has 4 heteroatoms. The Bertz CT molecular complexity index is 334. The molecule has 1 amide bonds. The number of carbonyl (C=O) groups is 1. The van der Waals surface area contributed by atoms with E-state index in [1.54, 1.807) is 0 Å². The van der Waals surface area contributed by atoms with Crippen molar-refractivity contribution >= 4 is 5.91 Å². The zero-order valence-corrected chi connectivity index (χ0v) is 12.0. The standard InChI is InChI=1S/C15H27N3O/c1-18-12-4-2-5-13(18)9-11(8-12)17-14(19)15(10-16)6-3-7-15/h11-13H,2-10,16H2,1H3,(H,17,19). The Hall–Kier alpha value is -0.610. The molecular formula is C15H27N3O. The molecule has 0 spiro atoms. The Balaban J connectivity index is 1.60. The van der Waals surface area contributed by atoms with E-state index < -0.39 is 0 Å². The SMILES string of the molecule is CN1C2CCCC1CC(NC(=O)C1(CN)CCC1)C2. The fraction of sp³-hybridized carbons (Fsp3) is 0.933. The first kappa shape index (κ1) is 13.4. The van der Waals surface area contributed by atoms with Gasteiger partial charge in [-0.05, 0) is 45.6 Å². The third kappa shape index (κ3) is 2.29. The van der Waals surface area contributed by atoms with Crippen LogP contribution < -0.4 is 11.1 Å². The van der Waals surface area contributed by atoms with E-state index in [2.05, 4.69) is 17.3 Å². The van der Waals surface area contributed by atoms with Gasteiger partial charge in [0.2, 0.25) is 5.91 Å². The van der Waals surface area contributed by atoms with Gasteiger partial charge in [0.05, 0.1) is 5.41 Å². The van der Waals surface area contributed by atoms with Gasteiger partial charge in [-0.2, -0.15) is 0 Å². The second-order valence-electron chi connectivity index (χ2n) is 6.88. The minimum absolute atomic E-state index is 0.224. The van der Waals surface area contributed by atoms with Crippen molar-refractivity contribution in [1.29, 1.82) is 0 Å². The fourth-order valence-electron chi connectivity index (χ4n) is 4.20. The molecule has 0 radical (unpaired) electrons. The van der Waals surface area contributed by atoms with Crippen molar-refractivity contribution in [2.45, 2.75) is 69.5 Å². The van der Waals surface area contributed by atoms with Crippen molar-refractivity contribution in [3.05, 3.63) is 0 Å². The molecule has 2 unspecified atom stereocenters. The minimum atomic E-state index is -0.224.